The lowest BCUT2D eigenvalue weighted by atomic mass is 9.78. The van der Waals surface area contributed by atoms with Crippen molar-refractivity contribution in [3.05, 3.63) is 41.7 Å². The minimum Gasteiger partial charge on any atom is -0.477 e. The predicted octanol–water partition coefficient (Wildman–Crippen LogP) is 7.39. The number of aryl methyl sites for hydroxylation is 1. The van der Waals surface area contributed by atoms with Crippen LogP contribution in [0.15, 0.2) is 30.3 Å². The Morgan fingerprint density at radius 2 is 1.63 bits per heavy atom. The number of aromatic nitrogens is 2. The van der Waals surface area contributed by atoms with E-state index in [0.29, 0.717) is 23.7 Å². The summed E-state index contributed by atoms with van der Waals surface area (Å²) in [6.45, 7) is 5.03. The molecule has 0 N–H and O–H groups in total. The lowest BCUT2D eigenvalue weighted by Gasteiger charge is -2.28. The number of rotatable bonds is 11. The lowest BCUT2D eigenvalue weighted by molar-refractivity contribution is 0.250. The zero-order valence-corrected chi connectivity index (χ0v) is 18.7. The first-order valence-electron chi connectivity index (χ1n) is 11.9. The van der Waals surface area contributed by atoms with E-state index in [1.165, 1.54) is 51.4 Å². The first-order chi connectivity index (χ1) is 14.7. The molecule has 1 aromatic carbocycles. The van der Waals surface area contributed by atoms with E-state index in [1.807, 2.05) is 12.1 Å². The zero-order chi connectivity index (χ0) is 21.2. The van der Waals surface area contributed by atoms with Crippen molar-refractivity contribution in [3.63, 3.8) is 0 Å². The molecule has 30 heavy (non-hydrogen) atoms. The first kappa shape index (κ1) is 22.7. The number of unbranched alkanes of at least 4 members (excludes halogenated alkanes) is 2. The number of hydrogen-bond acceptors (Lipinski definition) is 3. The van der Waals surface area contributed by atoms with Crippen LogP contribution < -0.4 is 4.74 Å². The van der Waals surface area contributed by atoms with E-state index in [2.05, 4.69) is 24.0 Å². The normalized spacial score (nSPS) is 19.0. The molecule has 2 aromatic rings. The third kappa shape index (κ3) is 6.78. The van der Waals surface area contributed by atoms with Crippen molar-refractivity contribution in [2.24, 2.45) is 11.8 Å². The highest BCUT2D eigenvalue weighted by molar-refractivity contribution is 5.60. The Labute approximate surface area is 181 Å². The fourth-order valence-electron chi connectivity index (χ4n) is 4.46. The van der Waals surface area contributed by atoms with Crippen molar-refractivity contribution in [1.29, 1.82) is 0 Å². The Bertz CT molecular complexity index is 754. The third-order valence-corrected chi connectivity index (χ3v) is 6.47. The average molecular weight is 413 g/mol. The molecule has 0 unspecified atom stereocenters. The van der Waals surface area contributed by atoms with Gasteiger partial charge in [-0.15, -0.1) is 10.2 Å². The SMILES string of the molecule is CCCCOc1ccc(-c2ccc(CC[C@H]3CC[C@H](CCCC)CC3)cc2F)nn1. The highest BCUT2D eigenvalue weighted by atomic mass is 19.1. The van der Waals surface area contributed by atoms with Crippen LogP contribution in [0.1, 0.15) is 83.6 Å². The van der Waals surface area contributed by atoms with Gasteiger partial charge in [0.15, 0.2) is 0 Å². The van der Waals surface area contributed by atoms with E-state index in [4.69, 9.17) is 4.74 Å². The van der Waals surface area contributed by atoms with Gasteiger partial charge in [-0.1, -0.05) is 71.3 Å². The van der Waals surface area contributed by atoms with Crippen molar-refractivity contribution in [2.45, 2.75) is 84.5 Å². The van der Waals surface area contributed by atoms with Crippen LogP contribution in [0.4, 0.5) is 4.39 Å². The van der Waals surface area contributed by atoms with E-state index in [0.717, 1.165) is 36.7 Å². The van der Waals surface area contributed by atoms with E-state index in [1.54, 1.807) is 18.2 Å². The Kier molecular flexibility index (Phi) is 9.10. The summed E-state index contributed by atoms with van der Waals surface area (Å²) in [5.74, 6) is 2.03. The molecule has 3 rings (SSSR count). The maximum absolute atomic E-state index is 14.7. The van der Waals surface area contributed by atoms with Gasteiger partial charge in [0.05, 0.1) is 12.3 Å². The quantitative estimate of drug-likeness (QED) is 0.361. The first-order valence-corrected chi connectivity index (χ1v) is 11.9. The van der Waals surface area contributed by atoms with Gasteiger partial charge in [-0.05, 0) is 54.9 Å². The van der Waals surface area contributed by atoms with Crippen molar-refractivity contribution in [3.8, 4) is 17.1 Å². The van der Waals surface area contributed by atoms with E-state index in [-0.39, 0.29) is 5.82 Å². The van der Waals surface area contributed by atoms with Gasteiger partial charge in [0.2, 0.25) is 5.88 Å². The van der Waals surface area contributed by atoms with Gasteiger partial charge in [-0.2, -0.15) is 0 Å². The van der Waals surface area contributed by atoms with Crippen LogP contribution in [0.5, 0.6) is 5.88 Å². The molecular formula is C26H37FN2O. The molecule has 0 aliphatic heterocycles. The molecule has 0 spiro atoms. The number of benzene rings is 1. The Balaban J connectivity index is 1.49. The summed E-state index contributed by atoms with van der Waals surface area (Å²) in [7, 11) is 0. The topological polar surface area (TPSA) is 35.0 Å². The monoisotopic (exact) mass is 412 g/mol. The molecule has 0 amide bonds. The van der Waals surface area contributed by atoms with Crippen LogP contribution in [0.25, 0.3) is 11.3 Å². The van der Waals surface area contributed by atoms with Crippen LogP contribution in [-0.2, 0) is 6.42 Å². The number of halogens is 1. The average Bonchev–Trinajstić information content (AvgIpc) is 2.78. The maximum atomic E-state index is 14.7. The second-order valence-electron chi connectivity index (χ2n) is 8.84. The molecule has 1 aliphatic rings. The van der Waals surface area contributed by atoms with Gasteiger partial charge in [0.1, 0.15) is 5.82 Å². The Hall–Kier alpha value is -1.97. The molecule has 1 saturated carbocycles. The van der Waals surface area contributed by atoms with Crippen LogP contribution >= 0.6 is 0 Å². The number of hydrogen-bond donors (Lipinski definition) is 0. The molecule has 164 valence electrons. The van der Waals surface area contributed by atoms with Gasteiger partial charge in [0, 0.05) is 11.6 Å². The van der Waals surface area contributed by atoms with Gasteiger partial charge < -0.3 is 4.74 Å². The Morgan fingerprint density at radius 3 is 2.27 bits per heavy atom. The van der Waals surface area contributed by atoms with Gasteiger partial charge in [0.25, 0.3) is 0 Å². The second-order valence-corrected chi connectivity index (χ2v) is 8.84. The predicted molar refractivity (Wildman–Crippen MR) is 121 cm³/mol. The molecule has 3 nitrogen and oxygen atoms in total. The molecule has 0 saturated heterocycles. The third-order valence-electron chi connectivity index (χ3n) is 6.47. The molecule has 1 fully saturated rings. The molecule has 0 atom stereocenters. The molecule has 1 aliphatic carbocycles. The van der Waals surface area contributed by atoms with E-state index >= 15 is 0 Å². The second kappa shape index (κ2) is 12.0. The van der Waals surface area contributed by atoms with Gasteiger partial charge >= 0.3 is 0 Å². The molecule has 4 heteroatoms. The van der Waals surface area contributed by atoms with Gasteiger partial charge in [-0.3, -0.25) is 0 Å². The van der Waals surface area contributed by atoms with Crippen LogP contribution in [-0.4, -0.2) is 16.8 Å². The summed E-state index contributed by atoms with van der Waals surface area (Å²) in [5, 5.41) is 8.22. The summed E-state index contributed by atoms with van der Waals surface area (Å²) in [4.78, 5) is 0. The summed E-state index contributed by atoms with van der Waals surface area (Å²) in [6.07, 6.45) is 13.7. The molecular weight excluding hydrogens is 375 g/mol. The van der Waals surface area contributed by atoms with E-state index < -0.39 is 0 Å². The van der Waals surface area contributed by atoms with Crippen molar-refractivity contribution in [2.75, 3.05) is 6.61 Å². The number of ether oxygens (including phenoxy) is 1. The molecule has 0 bridgehead atoms. The summed E-state index contributed by atoms with van der Waals surface area (Å²) >= 11 is 0. The standard InChI is InChI=1S/C26H37FN2O/c1-3-5-7-20-8-10-21(11-9-20)12-13-22-14-15-23(24(27)19-22)25-16-17-26(29-28-25)30-18-6-4-2/h14-17,19-21H,3-13,18H2,1-2H3/t20-,21-. The van der Waals surface area contributed by atoms with Crippen molar-refractivity contribution < 1.29 is 9.13 Å². The summed E-state index contributed by atoms with van der Waals surface area (Å²) in [5.41, 5.74) is 2.13. The highest BCUT2D eigenvalue weighted by Gasteiger charge is 2.20. The smallest absolute Gasteiger partial charge is 0.233 e. The molecule has 1 heterocycles. The van der Waals surface area contributed by atoms with E-state index in [9.17, 15) is 4.39 Å². The summed E-state index contributed by atoms with van der Waals surface area (Å²) in [6, 6.07) is 9.10. The lowest BCUT2D eigenvalue weighted by Crippen LogP contribution is -2.15. The zero-order valence-electron chi connectivity index (χ0n) is 18.7. The fourth-order valence-corrected chi connectivity index (χ4v) is 4.46. The largest absolute Gasteiger partial charge is 0.477 e. The van der Waals surface area contributed by atoms with Gasteiger partial charge in [-0.25, -0.2) is 4.39 Å². The number of nitrogens with zero attached hydrogens (tertiary/aromatic N) is 2. The molecule has 0 radical (unpaired) electrons. The van der Waals surface area contributed by atoms with Crippen LogP contribution in [0, 0.1) is 17.7 Å². The van der Waals surface area contributed by atoms with Crippen molar-refractivity contribution in [1.82, 2.24) is 10.2 Å². The maximum Gasteiger partial charge on any atom is 0.233 e. The van der Waals surface area contributed by atoms with Crippen molar-refractivity contribution >= 4 is 0 Å². The van der Waals surface area contributed by atoms with Crippen LogP contribution in [0.2, 0.25) is 0 Å². The minimum absolute atomic E-state index is 0.218. The van der Waals surface area contributed by atoms with Crippen LogP contribution in [0.3, 0.4) is 0 Å². The summed E-state index contributed by atoms with van der Waals surface area (Å²) < 4.78 is 20.3. The molecule has 1 aromatic heterocycles. The fraction of sp³-hybridized carbons (Fsp3) is 0.615. The Morgan fingerprint density at radius 1 is 0.900 bits per heavy atom. The highest BCUT2D eigenvalue weighted by Crippen LogP contribution is 2.34. The minimum atomic E-state index is -0.218.